The molecule has 0 radical (unpaired) electrons. The second kappa shape index (κ2) is 4.86. The van der Waals surface area contributed by atoms with Crippen LogP contribution < -0.4 is 10.6 Å². The van der Waals surface area contributed by atoms with Crippen LogP contribution in [0.25, 0.3) is 0 Å². The number of rotatable bonds is 1. The van der Waals surface area contributed by atoms with Gasteiger partial charge in [0.05, 0.1) is 0 Å². The van der Waals surface area contributed by atoms with E-state index in [1.165, 1.54) is 23.1 Å². The van der Waals surface area contributed by atoms with Gasteiger partial charge in [-0.2, -0.15) is 13.2 Å². The van der Waals surface area contributed by atoms with E-state index >= 15 is 0 Å². The third kappa shape index (κ3) is 2.03. The number of amides is 1. The van der Waals surface area contributed by atoms with Crippen molar-refractivity contribution in [3.63, 3.8) is 0 Å². The zero-order chi connectivity index (χ0) is 15.3. The van der Waals surface area contributed by atoms with Gasteiger partial charge in [-0.3, -0.25) is 9.69 Å². The maximum Gasteiger partial charge on any atom is 0.420 e. The quantitative estimate of drug-likeness (QED) is 0.831. The second-order valence-electron chi connectivity index (χ2n) is 5.09. The molecule has 0 spiro atoms. The van der Waals surface area contributed by atoms with Crippen LogP contribution in [0.3, 0.4) is 0 Å². The van der Waals surface area contributed by atoms with Crippen LogP contribution in [-0.2, 0) is 10.3 Å². The van der Waals surface area contributed by atoms with E-state index in [0.29, 0.717) is 13.1 Å². The topological polar surface area (TPSA) is 44.4 Å². The van der Waals surface area contributed by atoms with Crippen LogP contribution >= 0.6 is 11.6 Å². The van der Waals surface area contributed by atoms with Gasteiger partial charge in [-0.15, -0.1) is 0 Å². The SMILES string of the molecule is O=C1Nc2cc(Cl)ccc2[C@]1(N1CCNCC1)C(F)(F)F. The molecule has 4 nitrogen and oxygen atoms in total. The van der Waals surface area contributed by atoms with Gasteiger partial charge in [0.1, 0.15) is 0 Å². The number of hydrogen-bond donors (Lipinski definition) is 2. The van der Waals surface area contributed by atoms with E-state index in [0.717, 1.165) is 0 Å². The minimum Gasteiger partial charge on any atom is -0.323 e. The summed E-state index contributed by atoms with van der Waals surface area (Å²) in [5.74, 6) is -1.06. The minimum atomic E-state index is -4.71. The highest BCUT2D eigenvalue weighted by atomic mass is 35.5. The Morgan fingerprint density at radius 1 is 1.24 bits per heavy atom. The highest BCUT2D eigenvalue weighted by Crippen LogP contribution is 2.51. The van der Waals surface area contributed by atoms with Gasteiger partial charge >= 0.3 is 6.18 Å². The fourth-order valence-corrected chi connectivity index (χ4v) is 3.22. The number of alkyl halides is 3. The monoisotopic (exact) mass is 319 g/mol. The Bertz CT molecular complexity index is 587. The molecule has 2 heterocycles. The summed E-state index contributed by atoms with van der Waals surface area (Å²) in [5.41, 5.74) is -2.58. The molecule has 1 amide bonds. The number of carbonyl (C=O) groups excluding carboxylic acids is 1. The summed E-state index contributed by atoms with van der Waals surface area (Å²) >= 11 is 5.81. The Labute approximate surface area is 124 Å². The summed E-state index contributed by atoms with van der Waals surface area (Å²) in [4.78, 5) is 13.5. The maximum absolute atomic E-state index is 13.9. The summed E-state index contributed by atoms with van der Waals surface area (Å²) in [6, 6.07) is 4.01. The number of halogens is 4. The molecule has 2 aliphatic heterocycles. The van der Waals surface area contributed by atoms with Crippen molar-refractivity contribution in [2.75, 3.05) is 31.5 Å². The number of benzene rings is 1. The van der Waals surface area contributed by atoms with Crippen molar-refractivity contribution in [3.05, 3.63) is 28.8 Å². The average molecular weight is 320 g/mol. The molecule has 0 aliphatic carbocycles. The van der Waals surface area contributed by atoms with E-state index < -0.39 is 17.6 Å². The number of carbonyl (C=O) groups is 1. The van der Waals surface area contributed by atoms with Crippen molar-refractivity contribution in [2.24, 2.45) is 0 Å². The summed E-state index contributed by atoms with van der Waals surface area (Å²) in [6.45, 7) is 1.12. The molecule has 1 aromatic carbocycles. The summed E-state index contributed by atoms with van der Waals surface area (Å²) in [7, 11) is 0. The van der Waals surface area contributed by atoms with Crippen molar-refractivity contribution in [1.82, 2.24) is 10.2 Å². The fraction of sp³-hybridized carbons (Fsp3) is 0.462. The zero-order valence-electron chi connectivity index (χ0n) is 10.9. The molecule has 114 valence electrons. The van der Waals surface area contributed by atoms with E-state index in [4.69, 9.17) is 11.6 Å². The summed E-state index contributed by atoms with van der Waals surface area (Å²) in [6.07, 6.45) is -4.71. The first-order chi connectivity index (χ1) is 9.87. The molecule has 2 N–H and O–H groups in total. The van der Waals surface area contributed by atoms with Crippen molar-refractivity contribution in [2.45, 2.75) is 11.7 Å². The van der Waals surface area contributed by atoms with Gasteiger partial charge in [0, 0.05) is 42.5 Å². The molecule has 0 saturated carbocycles. The van der Waals surface area contributed by atoms with Crippen LogP contribution in [0.15, 0.2) is 18.2 Å². The molecular weight excluding hydrogens is 307 g/mol. The van der Waals surface area contributed by atoms with Gasteiger partial charge in [-0.25, -0.2) is 0 Å². The number of nitrogens with one attached hydrogen (secondary N) is 2. The predicted octanol–water partition coefficient (Wildman–Crippen LogP) is 1.95. The molecule has 1 atom stereocenters. The van der Waals surface area contributed by atoms with Gasteiger partial charge in [0.2, 0.25) is 5.54 Å². The van der Waals surface area contributed by atoms with E-state index in [1.54, 1.807) is 0 Å². The number of fused-ring (bicyclic) bond motifs is 1. The van der Waals surface area contributed by atoms with Gasteiger partial charge in [0.15, 0.2) is 0 Å². The number of nitrogens with zero attached hydrogens (tertiary/aromatic N) is 1. The van der Waals surface area contributed by atoms with Crippen LogP contribution in [0.5, 0.6) is 0 Å². The first kappa shape index (κ1) is 14.6. The lowest BCUT2D eigenvalue weighted by atomic mass is 9.87. The normalized spacial score (nSPS) is 26.6. The van der Waals surface area contributed by atoms with Crippen LogP contribution in [0, 0.1) is 0 Å². The average Bonchev–Trinajstić information content (AvgIpc) is 2.71. The van der Waals surface area contributed by atoms with E-state index in [-0.39, 0.29) is 29.4 Å². The Kier molecular flexibility index (Phi) is 3.38. The Morgan fingerprint density at radius 2 is 1.90 bits per heavy atom. The highest BCUT2D eigenvalue weighted by Gasteiger charge is 2.68. The van der Waals surface area contributed by atoms with Gasteiger partial charge in [0.25, 0.3) is 5.91 Å². The molecule has 0 bridgehead atoms. The molecule has 2 aliphatic rings. The Hall–Kier alpha value is -1.31. The Morgan fingerprint density at radius 3 is 2.52 bits per heavy atom. The van der Waals surface area contributed by atoms with Crippen molar-refractivity contribution in [3.8, 4) is 0 Å². The van der Waals surface area contributed by atoms with Crippen LogP contribution in [0.1, 0.15) is 5.56 Å². The number of piperazine rings is 1. The van der Waals surface area contributed by atoms with E-state index in [9.17, 15) is 18.0 Å². The fourth-order valence-electron chi connectivity index (χ4n) is 3.05. The van der Waals surface area contributed by atoms with Crippen molar-refractivity contribution in [1.29, 1.82) is 0 Å². The summed E-state index contributed by atoms with van der Waals surface area (Å²) < 4.78 is 41.6. The lowest BCUT2D eigenvalue weighted by Gasteiger charge is -2.42. The van der Waals surface area contributed by atoms with Gasteiger partial charge < -0.3 is 10.6 Å². The van der Waals surface area contributed by atoms with Crippen LogP contribution in [-0.4, -0.2) is 43.2 Å². The molecule has 0 unspecified atom stereocenters. The predicted molar refractivity (Wildman–Crippen MR) is 72.3 cm³/mol. The molecular formula is C13H13ClF3N3O. The molecule has 0 aromatic heterocycles. The molecule has 1 aromatic rings. The lowest BCUT2D eigenvalue weighted by Crippen LogP contribution is -2.64. The molecule has 8 heteroatoms. The van der Waals surface area contributed by atoms with Crippen molar-refractivity contribution < 1.29 is 18.0 Å². The largest absolute Gasteiger partial charge is 0.420 e. The highest BCUT2D eigenvalue weighted by molar-refractivity contribution is 6.31. The lowest BCUT2D eigenvalue weighted by molar-refractivity contribution is -0.230. The minimum absolute atomic E-state index is 0.0775. The molecule has 21 heavy (non-hydrogen) atoms. The van der Waals surface area contributed by atoms with Gasteiger partial charge in [-0.1, -0.05) is 17.7 Å². The first-order valence-electron chi connectivity index (χ1n) is 6.51. The standard InChI is InChI=1S/C13H13ClF3N3O/c14-8-1-2-9-10(7-8)19-11(21)12(9,13(15,16)17)20-5-3-18-4-6-20/h1-2,7,18H,3-6H2,(H,19,21)/t12-/m1/s1. The molecule has 1 saturated heterocycles. The van der Waals surface area contributed by atoms with Gasteiger partial charge in [-0.05, 0) is 12.1 Å². The van der Waals surface area contributed by atoms with Crippen LogP contribution in [0.2, 0.25) is 5.02 Å². The first-order valence-corrected chi connectivity index (χ1v) is 6.89. The smallest absolute Gasteiger partial charge is 0.323 e. The second-order valence-corrected chi connectivity index (χ2v) is 5.53. The number of hydrogen-bond acceptors (Lipinski definition) is 3. The zero-order valence-corrected chi connectivity index (χ0v) is 11.7. The van der Waals surface area contributed by atoms with E-state index in [1.807, 2.05) is 0 Å². The molecule has 1 fully saturated rings. The third-order valence-corrected chi connectivity index (χ3v) is 4.18. The number of anilines is 1. The summed E-state index contributed by atoms with van der Waals surface area (Å²) in [5, 5.41) is 5.61. The van der Waals surface area contributed by atoms with E-state index in [2.05, 4.69) is 10.6 Å². The maximum atomic E-state index is 13.9. The van der Waals surface area contributed by atoms with Crippen LogP contribution in [0.4, 0.5) is 18.9 Å². The van der Waals surface area contributed by atoms with Crippen molar-refractivity contribution >= 4 is 23.2 Å². The Balaban J connectivity index is 2.19. The third-order valence-electron chi connectivity index (χ3n) is 3.95. The molecule has 3 rings (SSSR count).